The second kappa shape index (κ2) is 6.67. The Balaban J connectivity index is 2.59. The first kappa shape index (κ1) is 13.2. The summed E-state index contributed by atoms with van der Waals surface area (Å²) in [7, 11) is 1.38. The molecule has 6 nitrogen and oxygen atoms in total. The van der Waals surface area contributed by atoms with Crippen LogP contribution in [0.5, 0.6) is 0 Å². The molecule has 0 aromatic carbocycles. The Bertz CT molecular complexity index is 382. The van der Waals surface area contributed by atoms with Crippen LogP contribution in [-0.4, -0.2) is 36.1 Å². The first-order chi connectivity index (χ1) is 8.19. The number of hydrogen-bond donors (Lipinski definition) is 2. The molecule has 1 heterocycles. The van der Waals surface area contributed by atoms with Gasteiger partial charge < -0.3 is 15.4 Å². The van der Waals surface area contributed by atoms with Gasteiger partial charge in [0.1, 0.15) is 18.0 Å². The van der Waals surface area contributed by atoms with Crippen LogP contribution in [-0.2, 0) is 9.53 Å². The predicted molar refractivity (Wildman–Crippen MR) is 66.1 cm³/mol. The summed E-state index contributed by atoms with van der Waals surface area (Å²) in [5.41, 5.74) is 0.944. The highest BCUT2D eigenvalue weighted by molar-refractivity contribution is 5.70. The van der Waals surface area contributed by atoms with Crippen LogP contribution < -0.4 is 10.6 Å². The molecule has 0 saturated carbocycles. The lowest BCUT2D eigenvalue weighted by molar-refractivity contribution is -0.140. The highest BCUT2D eigenvalue weighted by Gasteiger charge is 2.06. The van der Waals surface area contributed by atoms with Crippen LogP contribution in [0, 0.1) is 6.92 Å². The summed E-state index contributed by atoms with van der Waals surface area (Å²) in [5, 5.41) is 6.23. The van der Waals surface area contributed by atoms with Gasteiger partial charge >= 0.3 is 5.97 Å². The van der Waals surface area contributed by atoms with Crippen molar-refractivity contribution < 1.29 is 9.53 Å². The van der Waals surface area contributed by atoms with E-state index in [4.69, 9.17) is 0 Å². The summed E-state index contributed by atoms with van der Waals surface area (Å²) in [4.78, 5) is 19.2. The molecule has 1 aromatic rings. The molecule has 94 valence electrons. The molecular weight excluding hydrogens is 220 g/mol. The first-order valence-electron chi connectivity index (χ1n) is 5.55. The number of nitrogens with zero attached hydrogens (tertiary/aromatic N) is 2. The van der Waals surface area contributed by atoms with Gasteiger partial charge in [-0.3, -0.25) is 4.79 Å². The molecule has 0 saturated heterocycles. The van der Waals surface area contributed by atoms with Crippen molar-refractivity contribution >= 4 is 17.6 Å². The Hall–Kier alpha value is -1.85. The summed E-state index contributed by atoms with van der Waals surface area (Å²) in [5.74, 6) is 1.30. The second-order valence-electron chi connectivity index (χ2n) is 3.48. The number of esters is 1. The van der Waals surface area contributed by atoms with Crippen molar-refractivity contribution in [2.45, 2.75) is 20.3 Å². The van der Waals surface area contributed by atoms with Crippen LogP contribution in [0.1, 0.15) is 18.9 Å². The number of methoxy groups -OCH3 is 1. The summed E-state index contributed by atoms with van der Waals surface area (Å²) in [6.07, 6.45) is 1.81. The number of rotatable bonds is 6. The number of carbonyl (C=O) groups is 1. The maximum atomic E-state index is 10.9. The van der Waals surface area contributed by atoms with E-state index < -0.39 is 0 Å². The van der Waals surface area contributed by atoms with E-state index in [1.165, 1.54) is 13.4 Å². The fourth-order valence-electron chi connectivity index (χ4n) is 1.36. The van der Waals surface area contributed by atoms with Crippen molar-refractivity contribution in [3.05, 3.63) is 11.9 Å². The van der Waals surface area contributed by atoms with Crippen LogP contribution in [0.2, 0.25) is 0 Å². The SMILES string of the molecule is CCNc1ncnc(NCCC(=O)OC)c1C. The quantitative estimate of drug-likeness (QED) is 0.725. The molecule has 1 rings (SSSR count). The molecule has 0 amide bonds. The topological polar surface area (TPSA) is 76.1 Å². The van der Waals surface area contributed by atoms with Gasteiger partial charge in [0.2, 0.25) is 0 Å². The molecule has 0 spiro atoms. The van der Waals surface area contributed by atoms with E-state index in [0.29, 0.717) is 13.0 Å². The fraction of sp³-hybridized carbons (Fsp3) is 0.545. The zero-order valence-electron chi connectivity index (χ0n) is 10.4. The first-order valence-corrected chi connectivity index (χ1v) is 5.55. The van der Waals surface area contributed by atoms with Crippen molar-refractivity contribution in [1.82, 2.24) is 9.97 Å². The average Bonchev–Trinajstić information content (AvgIpc) is 2.33. The van der Waals surface area contributed by atoms with Crippen molar-refractivity contribution in [2.24, 2.45) is 0 Å². The number of carbonyl (C=O) groups excluding carboxylic acids is 1. The molecule has 0 radical (unpaired) electrons. The van der Waals surface area contributed by atoms with E-state index in [0.717, 1.165) is 23.7 Å². The van der Waals surface area contributed by atoms with Crippen LogP contribution in [0.15, 0.2) is 6.33 Å². The molecular formula is C11H18N4O2. The molecule has 0 aliphatic heterocycles. The smallest absolute Gasteiger partial charge is 0.307 e. The third-order valence-corrected chi connectivity index (χ3v) is 2.28. The Morgan fingerprint density at radius 3 is 2.59 bits per heavy atom. The number of hydrogen-bond acceptors (Lipinski definition) is 6. The summed E-state index contributed by atoms with van der Waals surface area (Å²) >= 11 is 0. The van der Waals surface area contributed by atoms with Gasteiger partial charge in [0, 0.05) is 18.7 Å². The Morgan fingerprint density at radius 2 is 2.00 bits per heavy atom. The van der Waals surface area contributed by atoms with Crippen LogP contribution in [0.25, 0.3) is 0 Å². The van der Waals surface area contributed by atoms with Gasteiger partial charge in [-0.05, 0) is 13.8 Å². The zero-order chi connectivity index (χ0) is 12.7. The van der Waals surface area contributed by atoms with Crippen molar-refractivity contribution in [1.29, 1.82) is 0 Å². The van der Waals surface area contributed by atoms with E-state index in [-0.39, 0.29) is 5.97 Å². The van der Waals surface area contributed by atoms with Gasteiger partial charge in [0.05, 0.1) is 13.5 Å². The minimum atomic E-state index is -0.240. The molecule has 0 atom stereocenters. The predicted octanol–water partition coefficient (Wildman–Crippen LogP) is 1.19. The lowest BCUT2D eigenvalue weighted by Crippen LogP contribution is -2.12. The summed E-state index contributed by atoms with van der Waals surface area (Å²) in [6, 6.07) is 0. The number of ether oxygens (including phenoxy) is 1. The van der Waals surface area contributed by atoms with Gasteiger partial charge in [-0.25, -0.2) is 9.97 Å². The van der Waals surface area contributed by atoms with Gasteiger partial charge in [-0.15, -0.1) is 0 Å². The lowest BCUT2D eigenvalue weighted by Gasteiger charge is -2.11. The van der Waals surface area contributed by atoms with Gasteiger partial charge in [0.25, 0.3) is 0 Å². The van der Waals surface area contributed by atoms with Gasteiger partial charge in [-0.1, -0.05) is 0 Å². The normalized spacial score (nSPS) is 9.82. The maximum Gasteiger partial charge on any atom is 0.307 e. The number of nitrogens with one attached hydrogen (secondary N) is 2. The van der Waals surface area contributed by atoms with E-state index in [2.05, 4.69) is 25.3 Å². The molecule has 0 unspecified atom stereocenters. The van der Waals surface area contributed by atoms with E-state index in [9.17, 15) is 4.79 Å². The fourth-order valence-corrected chi connectivity index (χ4v) is 1.36. The number of anilines is 2. The second-order valence-corrected chi connectivity index (χ2v) is 3.48. The minimum Gasteiger partial charge on any atom is -0.469 e. The Labute approximate surface area is 101 Å². The van der Waals surface area contributed by atoms with Crippen LogP contribution in [0.3, 0.4) is 0 Å². The van der Waals surface area contributed by atoms with E-state index in [1.807, 2.05) is 13.8 Å². The van der Waals surface area contributed by atoms with Crippen LogP contribution in [0.4, 0.5) is 11.6 Å². The standard InChI is InChI=1S/C11H18N4O2/c1-4-12-10-8(2)11(15-7-14-10)13-6-5-9(16)17-3/h7H,4-6H2,1-3H3,(H2,12,13,14,15). The van der Waals surface area contributed by atoms with E-state index >= 15 is 0 Å². The summed E-state index contributed by atoms with van der Waals surface area (Å²) in [6.45, 7) is 5.24. The molecule has 0 aliphatic carbocycles. The molecule has 2 N–H and O–H groups in total. The Morgan fingerprint density at radius 1 is 1.35 bits per heavy atom. The average molecular weight is 238 g/mol. The molecule has 17 heavy (non-hydrogen) atoms. The molecule has 0 fully saturated rings. The highest BCUT2D eigenvalue weighted by Crippen LogP contribution is 2.17. The highest BCUT2D eigenvalue weighted by atomic mass is 16.5. The molecule has 1 aromatic heterocycles. The minimum absolute atomic E-state index is 0.240. The summed E-state index contributed by atoms with van der Waals surface area (Å²) < 4.78 is 4.56. The van der Waals surface area contributed by atoms with Gasteiger partial charge in [0.15, 0.2) is 0 Å². The lowest BCUT2D eigenvalue weighted by atomic mass is 10.3. The Kier molecular flexibility index (Phi) is 5.19. The van der Waals surface area contributed by atoms with E-state index in [1.54, 1.807) is 0 Å². The van der Waals surface area contributed by atoms with Crippen LogP contribution >= 0.6 is 0 Å². The van der Waals surface area contributed by atoms with Crippen molar-refractivity contribution in [2.75, 3.05) is 30.8 Å². The monoisotopic (exact) mass is 238 g/mol. The molecule has 0 bridgehead atoms. The molecule has 0 aliphatic rings. The number of aromatic nitrogens is 2. The zero-order valence-corrected chi connectivity index (χ0v) is 10.4. The third-order valence-electron chi connectivity index (χ3n) is 2.28. The molecule has 6 heteroatoms. The maximum absolute atomic E-state index is 10.9. The van der Waals surface area contributed by atoms with Crippen molar-refractivity contribution in [3.63, 3.8) is 0 Å². The third kappa shape index (κ3) is 3.90. The van der Waals surface area contributed by atoms with Crippen molar-refractivity contribution in [3.8, 4) is 0 Å². The van der Waals surface area contributed by atoms with Gasteiger partial charge in [-0.2, -0.15) is 0 Å². The largest absolute Gasteiger partial charge is 0.469 e.